The first kappa shape index (κ1) is 119. The number of nitrogens with zero attached hydrogens (tertiary/aromatic N) is 1. The van der Waals surface area contributed by atoms with Crippen LogP contribution in [0.15, 0.2) is 416 Å². The molecule has 10 nitrogen and oxygen atoms in total. The molecule has 12 aromatic carbocycles. The van der Waals surface area contributed by atoms with Gasteiger partial charge in [0.1, 0.15) is 0 Å². The minimum Gasteiger partial charge on any atom is -0.358 e. The number of ketones is 4. The number of amides is 2. The molecule has 4 aliphatic rings. The number of isocyanates is 1. The van der Waals surface area contributed by atoms with Gasteiger partial charge in [-0.1, -0.05) is 419 Å². The van der Waals surface area contributed by atoms with Crippen molar-refractivity contribution < 1.29 is 83.3 Å². The molecule has 0 saturated heterocycles. The van der Waals surface area contributed by atoms with Crippen LogP contribution in [0.4, 0.5) is 4.79 Å². The summed E-state index contributed by atoms with van der Waals surface area (Å²) in [4.78, 5) is 65.5. The van der Waals surface area contributed by atoms with Crippen molar-refractivity contribution in [3.05, 3.63) is 419 Å². The van der Waals surface area contributed by atoms with Gasteiger partial charge in [-0.15, -0.1) is 0 Å². The number of unbranched alkanes of at least 4 members (excludes halogenated alkanes) is 3. The molecule has 4 aliphatic carbocycles. The van der Waals surface area contributed by atoms with Crippen molar-refractivity contribution in [2.24, 2.45) is 16.5 Å². The van der Waals surface area contributed by atoms with Gasteiger partial charge in [0.05, 0.1) is 6.54 Å². The Morgan fingerprint density at radius 3 is 0.748 bits per heavy atom. The summed E-state index contributed by atoms with van der Waals surface area (Å²) in [7, 11) is -1.78. The number of hydrogen-bond donors (Lipinski definition) is 3. The van der Waals surface area contributed by atoms with Crippen molar-refractivity contribution in [2.45, 2.75) is 163 Å². The number of nitrogens with one attached hydrogen (secondary N) is 1. The van der Waals surface area contributed by atoms with Crippen LogP contribution < -0.4 is 80.4 Å². The summed E-state index contributed by atoms with van der Waals surface area (Å²) >= 11 is 1.53. The number of alkyl halides is 1. The summed E-state index contributed by atoms with van der Waals surface area (Å²) in [6.07, 6.45) is 25.6. The van der Waals surface area contributed by atoms with Gasteiger partial charge in [-0.3, -0.25) is 19.2 Å². The van der Waals surface area contributed by atoms with Crippen molar-refractivity contribution in [1.29, 1.82) is 0 Å². The summed E-state index contributed by atoms with van der Waals surface area (Å²) in [5, 5.41) is 20.3. The fraction of sp³-hybridized carbons (Fsp3) is 0.256. The molecule has 18 heteroatoms. The van der Waals surface area contributed by atoms with E-state index in [1.807, 2.05) is 13.0 Å². The number of rotatable bonds is 27. The van der Waals surface area contributed by atoms with Crippen molar-refractivity contribution in [2.75, 3.05) is 25.0 Å². The Hall–Kier alpha value is -8.35. The van der Waals surface area contributed by atoms with Crippen molar-refractivity contribution >= 4 is 165 Å². The normalized spacial score (nSPS) is 12.2. The van der Waals surface area contributed by atoms with E-state index >= 15 is 0 Å². The molecule has 0 fully saturated rings. The van der Waals surface area contributed by atoms with Crippen LogP contribution in [0.5, 0.6) is 0 Å². The molecule has 2 amide bonds. The zero-order valence-electron chi connectivity index (χ0n) is 81.3. The molecule has 0 bridgehead atoms. The Balaban J connectivity index is 0.000000396. The Morgan fingerprint density at radius 2 is 0.600 bits per heavy atom. The maximum Gasteiger partial charge on any atom is 0.312 e. The monoisotopic (exact) mass is 2220 g/mol. The van der Waals surface area contributed by atoms with Crippen LogP contribution >= 0.6 is 47.6 Å². The van der Waals surface area contributed by atoms with E-state index in [9.17, 15) is 28.8 Å². The Labute approximate surface area is 867 Å². The summed E-state index contributed by atoms with van der Waals surface area (Å²) in [6.45, 7) is 17.1. The zero-order chi connectivity index (χ0) is 95.4. The van der Waals surface area contributed by atoms with Gasteiger partial charge in [0, 0.05) is 97.2 Å². The van der Waals surface area contributed by atoms with Crippen LogP contribution in [0.25, 0.3) is 0 Å². The van der Waals surface area contributed by atoms with Gasteiger partial charge in [-0.05, 0) is 156 Å². The molecule has 0 aromatic heterocycles. The van der Waals surface area contributed by atoms with Gasteiger partial charge >= 0.3 is 108 Å². The summed E-state index contributed by atoms with van der Waals surface area (Å²) in [5.41, 5.74) is 9.91. The molecule has 135 heavy (non-hydrogen) atoms. The maximum atomic E-state index is 10.7. The number of urea groups is 1. The SMILES string of the molecule is CCBr.CCC.CCC[CH2][Sn]([CH2]C)([CH2]CCC)[CH2]CCC.NCC1=CC(=O)CC1.O=C1C=CCC1.O=C=NCC1=CC(=O)CC1.[2H]NC(=O)NCC1=CC(=O)CC1.[CH3-].[Pd].[Y].c1ccc(P(c2ccccc2)c2ccccc2)cc1.c1ccc(P(c2ccccc2)c2ccccc2)cc1.c1ccc(P(c2ccccc2)c2ccccc2)cc1.c1ccc(P(c2ccccc2)c2ccccc2)cc1. The predicted molar refractivity (Wildman–Crippen MR) is 588 cm³/mol. The van der Waals surface area contributed by atoms with Gasteiger partial charge in [0.2, 0.25) is 6.08 Å². The molecular formula is C117H140BrN4O6P4PdSnY-. The van der Waals surface area contributed by atoms with Crippen LogP contribution in [0, 0.1) is 7.43 Å². The van der Waals surface area contributed by atoms with E-state index in [2.05, 4.69) is 432 Å². The molecule has 16 rings (SSSR count). The molecule has 5 N–H and O–H groups in total. The standard InChI is InChI=1S/4C18H15P.C7H10N2O2.C7H7NO2.C6H9NO.C5H6O.3C4H9.C3H8.C2H5Br.C2H5.CH3.Pd.Sn.Y/c4*1-4-10-16(11-5-1)19(17-12-6-2-7-13-17)18-14-8-3-9-15-18;8-7(11)9-4-5-1-2-6(10)3-5;9-5-8-4-6-1-2-7(10)3-6;7-4-5-1-2-6(8)3-5;6-5-3-1-2-4-5;3*1-3-4-2;1-3-2;1-2-3;1-2;;;;/h4*1-15H;3H,1-2,4H2,(H3,8,9,11);3H,1-2,4H2;3H,1-2,4,7H2;1,3H,2,4H2;3*1,3-4H2,2H3;3H2,1-2H3;2H2,1H3;1H2,2H3;1H3;;;/q;;;;;;;;;;;;;;-1;;;/i/hD. The Bertz CT molecular complexity index is 4480. The summed E-state index contributed by atoms with van der Waals surface area (Å²) in [6, 6.07) is 129. The topological polar surface area (TPSA) is 179 Å². The molecule has 0 aliphatic heterocycles. The first-order valence-electron chi connectivity index (χ1n) is 47.1. The summed E-state index contributed by atoms with van der Waals surface area (Å²) < 4.78 is 13.1. The van der Waals surface area contributed by atoms with Gasteiger partial charge in [0.15, 0.2) is 24.5 Å². The molecule has 0 atom stereocenters. The minimum atomic E-state index is -1.62. The van der Waals surface area contributed by atoms with Crippen molar-refractivity contribution in [3.8, 4) is 0 Å². The van der Waals surface area contributed by atoms with Crippen LogP contribution in [0.3, 0.4) is 0 Å². The number of carbonyl (C=O) groups excluding carboxylic acids is 6. The first-order chi connectivity index (χ1) is 65.1. The molecule has 12 aromatic rings. The van der Waals surface area contributed by atoms with Crippen LogP contribution in [-0.2, 0) is 77.1 Å². The average molecular weight is 2220 g/mol. The number of nitrogens with two attached hydrogens (primary N) is 2. The van der Waals surface area contributed by atoms with E-state index in [-0.39, 0.29) is 83.7 Å². The zero-order valence-corrected chi connectivity index (χ0v) is 92.7. The number of primary amides is 1. The maximum absolute atomic E-state index is 10.7. The van der Waals surface area contributed by atoms with E-state index in [1.54, 1.807) is 47.8 Å². The summed E-state index contributed by atoms with van der Waals surface area (Å²) in [5.74, 6) is 0.745. The van der Waals surface area contributed by atoms with E-state index < -0.39 is 56.1 Å². The Morgan fingerprint density at radius 1 is 0.378 bits per heavy atom. The molecule has 1 radical (unpaired) electrons. The van der Waals surface area contributed by atoms with Crippen molar-refractivity contribution in [3.63, 3.8) is 0 Å². The van der Waals surface area contributed by atoms with Crippen molar-refractivity contribution in [1.82, 2.24) is 5.32 Å². The third-order valence-corrected chi connectivity index (χ3v) is 47.4. The van der Waals surface area contributed by atoms with Gasteiger partial charge in [-0.2, -0.15) is 0 Å². The molecule has 0 heterocycles. The molecule has 709 valence electrons. The van der Waals surface area contributed by atoms with E-state index in [0.29, 0.717) is 38.9 Å². The quantitative estimate of drug-likeness (QED) is 0.0114. The van der Waals surface area contributed by atoms with Gasteiger partial charge < -0.3 is 24.2 Å². The molecule has 0 spiro atoms. The third-order valence-electron chi connectivity index (χ3n) is 21.2. The second kappa shape index (κ2) is 75.7. The van der Waals surface area contributed by atoms with Crippen LogP contribution in [0.2, 0.25) is 19.2 Å². The number of benzene rings is 12. The number of aliphatic imine (C=N–C) groups is 1. The first-order valence-corrected chi connectivity index (χ1v) is 61.1. The second-order valence-electron chi connectivity index (χ2n) is 31.5. The van der Waals surface area contributed by atoms with Crippen LogP contribution in [-0.4, -0.2) is 78.6 Å². The number of allylic oxidation sites excluding steroid dienone is 5. The van der Waals surface area contributed by atoms with E-state index in [0.717, 1.165) is 54.2 Å². The fourth-order valence-corrected chi connectivity index (χ4v) is 38.4. The largest absolute Gasteiger partial charge is 0.358 e. The van der Waals surface area contributed by atoms with Gasteiger partial charge in [0.25, 0.3) is 0 Å². The number of hydrogen-bond acceptors (Lipinski definition) is 8. The van der Waals surface area contributed by atoms with E-state index in [4.69, 9.17) is 7.15 Å². The minimum absolute atomic E-state index is 0. The predicted octanol–water partition coefficient (Wildman–Crippen LogP) is 24.6. The molecule has 0 saturated carbocycles. The fourth-order valence-electron chi connectivity index (χ4n) is 14.5. The molecular weight excluding hydrogens is 2080 g/mol. The number of halogens is 1. The second-order valence-corrected chi connectivity index (χ2v) is 56.4. The molecule has 0 unspecified atom stereocenters. The Kier molecular flexibility index (Phi) is 66.7. The number of carbonyl (C=O) groups is 5. The average Bonchev–Trinajstić information content (AvgIpc) is 1.82. The third kappa shape index (κ3) is 48.7. The van der Waals surface area contributed by atoms with Crippen LogP contribution in [0.1, 0.15) is 145 Å². The van der Waals surface area contributed by atoms with E-state index in [1.165, 1.54) is 115 Å². The smallest absolute Gasteiger partial charge is 0.312 e. The van der Waals surface area contributed by atoms with Gasteiger partial charge in [-0.25, -0.2) is 14.6 Å².